The van der Waals surface area contributed by atoms with Gasteiger partial charge in [0, 0.05) is 12.1 Å². The minimum atomic E-state index is -0.677. The van der Waals surface area contributed by atoms with Gasteiger partial charge in [-0.3, -0.25) is 4.79 Å². The van der Waals surface area contributed by atoms with Crippen molar-refractivity contribution in [3.63, 3.8) is 0 Å². The number of nitrogens with one attached hydrogen (secondary N) is 1. The summed E-state index contributed by atoms with van der Waals surface area (Å²) in [6.07, 6.45) is -0.677. The first-order valence-corrected chi connectivity index (χ1v) is 7.37. The molecule has 0 aliphatic carbocycles. The molecule has 2 rings (SSSR count). The summed E-state index contributed by atoms with van der Waals surface area (Å²) in [5.41, 5.74) is 0.460. The van der Waals surface area contributed by atoms with Crippen LogP contribution in [-0.2, 0) is 4.79 Å². The fraction of sp³-hybridized carbons (Fsp3) is 0.235. The molecule has 122 valence electrons. The van der Waals surface area contributed by atoms with E-state index in [0.717, 1.165) is 0 Å². The minimum Gasteiger partial charge on any atom is -0.495 e. The minimum absolute atomic E-state index is 0.309. The Balaban J connectivity index is 2.13. The second-order valence-electron chi connectivity index (χ2n) is 4.75. The number of ether oxygens (including phenoxy) is 3. The van der Waals surface area contributed by atoms with E-state index in [1.165, 1.54) is 14.2 Å². The van der Waals surface area contributed by atoms with Crippen molar-refractivity contribution >= 4 is 23.2 Å². The molecular weight excluding hydrogens is 318 g/mol. The van der Waals surface area contributed by atoms with Gasteiger partial charge in [0.05, 0.1) is 24.9 Å². The molecule has 2 aromatic rings. The van der Waals surface area contributed by atoms with Gasteiger partial charge in [-0.05, 0) is 19.1 Å². The molecule has 1 unspecified atom stereocenters. The Bertz CT molecular complexity index is 676. The average Bonchev–Trinajstić information content (AvgIpc) is 2.56. The van der Waals surface area contributed by atoms with Crippen molar-refractivity contribution in [2.45, 2.75) is 13.0 Å². The number of carbonyl (C=O) groups excluding carboxylic acids is 1. The Morgan fingerprint density at radius 2 is 1.74 bits per heavy atom. The molecule has 1 atom stereocenters. The van der Waals surface area contributed by atoms with Crippen molar-refractivity contribution in [2.24, 2.45) is 0 Å². The normalized spacial score (nSPS) is 11.5. The van der Waals surface area contributed by atoms with Crippen molar-refractivity contribution in [1.29, 1.82) is 0 Å². The maximum atomic E-state index is 12.3. The van der Waals surface area contributed by atoms with Gasteiger partial charge in [-0.25, -0.2) is 0 Å². The van der Waals surface area contributed by atoms with E-state index in [1.807, 2.05) is 18.2 Å². The van der Waals surface area contributed by atoms with Crippen LogP contribution in [0.5, 0.6) is 17.2 Å². The van der Waals surface area contributed by atoms with Gasteiger partial charge in [0.1, 0.15) is 17.2 Å². The van der Waals surface area contributed by atoms with Gasteiger partial charge in [0.15, 0.2) is 6.10 Å². The molecule has 0 saturated heterocycles. The first kappa shape index (κ1) is 17.0. The smallest absolute Gasteiger partial charge is 0.265 e. The summed E-state index contributed by atoms with van der Waals surface area (Å²) >= 11 is 6.04. The van der Waals surface area contributed by atoms with Crippen LogP contribution < -0.4 is 19.5 Å². The monoisotopic (exact) mass is 335 g/mol. The second-order valence-corrected chi connectivity index (χ2v) is 5.16. The van der Waals surface area contributed by atoms with Crippen LogP contribution in [0.1, 0.15) is 6.92 Å². The zero-order valence-corrected chi connectivity index (χ0v) is 13.9. The molecule has 0 fully saturated rings. The predicted octanol–water partition coefficient (Wildman–Crippen LogP) is 3.76. The summed E-state index contributed by atoms with van der Waals surface area (Å²) < 4.78 is 16.0. The fourth-order valence-electron chi connectivity index (χ4n) is 1.95. The number of rotatable bonds is 6. The predicted molar refractivity (Wildman–Crippen MR) is 89.7 cm³/mol. The molecule has 0 radical (unpaired) electrons. The highest BCUT2D eigenvalue weighted by molar-refractivity contribution is 6.32. The van der Waals surface area contributed by atoms with Crippen LogP contribution in [0.3, 0.4) is 0 Å². The van der Waals surface area contributed by atoms with Gasteiger partial charge in [0.25, 0.3) is 5.91 Å². The summed E-state index contributed by atoms with van der Waals surface area (Å²) in [6.45, 7) is 1.67. The summed E-state index contributed by atoms with van der Waals surface area (Å²) in [5.74, 6) is 1.20. The van der Waals surface area contributed by atoms with Crippen LogP contribution in [0.2, 0.25) is 5.02 Å². The zero-order valence-electron chi connectivity index (χ0n) is 13.1. The third-order valence-electron chi connectivity index (χ3n) is 3.16. The molecule has 0 saturated carbocycles. The Hall–Kier alpha value is -2.40. The van der Waals surface area contributed by atoms with Crippen molar-refractivity contribution in [1.82, 2.24) is 0 Å². The Kier molecular flexibility index (Phi) is 5.71. The number of carbonyl (C=O) groups is 1. The van der Waals surface area contributed by atoms with Gasteiger partial charge in [-0.2, -0.15) is 0 Å². The van der Waals surface area contributed by atoms with Crippen molar-refractivity contribution in [2.75, 3.05) is 19.5 Å². The standard InChI is InChI=1S/C17H18ClNO4/c1-11(23-12-7-5-4-6-8-12)17(20)19-14-10-15(21-2)13(18)9-16(14)22-3/h4-11H,1-3H3,(H,19,20). The van der Waals surface area contributed by atoms with Crippen molar-refractivity contribution in [3.05, 3.63) is 47.5 Å². The lowest BCUT2D eigenvalue weighted by molar-refractivity contribution is -0.122. The van der Waals surface area contributed by atoms with Crippen LogP contribution in [0.4, 0.5) is 5.69 Å². The highest BCUT2D eigenvalue weighted by Gasteiger charge is 2.18. The summed E-state index contributed by atoms with van der Waals surface area (Å²) in [5, 5.41) is 3.15. The number of anilines is 1. The molecule has 0 spiro atoms. The Labute approximate surface area is 140 Å². The molecule has 1 N–H and O–H groups in total. The van der Waals surface area contributed by atoms with E-state index in [1.54, 1.807) is 31.2 Å². The third kappa shape index (κ3) is 4.29. The zero-order chi connectivity index (χ0) is 16.8. The molecule has 6 heteroatoms. The van der Waals surface area contributed by atoms with Gasteiger partial charge in [0.2, 0.25) is 0 Å². The number of hydrogen-bond donors (Lipinski definition) is 1. The molecule has 0 bridgehead atoms. The summed E-state index contributed by atoms with van der Waals surface area (Å²) in [6, 6.07) is 12.3. The summed E-state index contributed by atoms with van der Waals surface area (Å²) in [4.78, 5) is 12.3. The molecule has 0 aliphatic heterocycles. The van der Waals surface area contributed by atoms with Crippen molar-refractivity contribution in [3.8, 4) is 17.2 Å². The second kappa shape index (κ2) is 7.74. The first-order valence-electron chi connectivity index (χ1n) is 6.99. The number of amides is 1. The molecule has 5 nitrogen and oxygen atoms in total. The van der Waals surface area contributed by atoms with Crippen LogP contribution in [-0.4, -0.2) is 26.2 Å². The van der Waals surface area contributed by atoms with Gasteiger partial charge in [-0.15, -0.1) is 0 Å². The van der Waals surface area contributed by atoms with Crippen LogP contribution in [0.15, 0.2) is 42.5 Å². The van der Waals surface area contributed by atoms with E-state index < -0.39 is 6.10 Å². The van der Waals surface area contributed by atoms with E-state index in [4.69, 9.17) is 25.8 Å². The number of para-hydroxylation sites is 1. The highest BCUT2D eigenvalue weighted by Crippen LogP contribution is 2.35. The first-order chi connectivity index (χ1) is 11.0. The largest absolute Gasteiger partial charge is 0.495 e. The molecule has 1 amide bonds. The topological polar surface area (TPSA) is 56.8 Å². The number of hydrogen-bond acceptors (Lipinski definition) is 4. The Morgan fingerprint density at radius 3 is 2.35 bits per heavy atom. The summed E-state index contributed by atoms with van der Waals surface area (Å²) in [7, 11) is 3.00. The lowest BCUT2D eigenvalue weighted by Crippen LogP contribution is -2.30. The maximum absolute atomic E-state index is 12.3. The fourth-order valence-corrected chi connectivity index (χ4v) is 2.18. The van der Waals surface area contributed by atoms with Crippen LogP contribution in [0.25, 0.3) is 0 Å². The van der Waals surface area contributed by atoms with Crippen molar-refractivity contribution < 1.29 is 19.0 Å². The van der Waals surface area contributed by atoms with E-state index in [-0.39, 0.29) is 5.91 Å². The lowest BCUT2D eigenvalue weighted by Gasteiger charge is -2.17. The number of methoxy groups -OCH3 is 2. The van der Waals surface area contributed by atoms with Gasteiger partial charge in [-0.1, -0.05) is 29.8 Å². The highest BCUT2D eigenvalue weighted by atomic mass is 35.5. The van der Waals surface area contributed by atoms with Gasteiger partial charge >= 0.3 is 0 Å². The number of benzene rings is 2. The van der Waals surface area contributed by atoms with E-state index in [0.29, 0.717) is 28.0 Å². The van der Waals surface area contributed by atoms with Crippen LogP contribution >= 0.6 is 11.6 Å². The van der Waals surface area contributed by atoms with E-state index in [9.17, 15) is 4.79 Å². The van der Waals surface area contributed by atoms with Gasteiger partial charge < -0.3 is 19.5 Å². The number of halogens is 1. The average molecular weight is 336 g/mol. The molecule has 0 aromatic heterocycles. The molecule has 0 heterocycles. The SMILES string of the molecule is COc1cc(NC(=O)C(C)Oc2ccccc2)c(OC)cc1Cl. The van der Waals surface area contributed by atoms with E-state index >= 15 is 0 Å². The van der Waals surface area contributed by atoms with Crippen LogP contribution in [0, 0.1) is 0 Å². The molecule has 2 aromatic carbocycles. The molecule has 0 aliphatic rings. The molecular formula is C17H18ClNO4. The Morgan fingerprint density at radius 1 is 1.09 bits per heavy atom. The quantitative estimate of drug-likeness (QED) is 0.873. The lowest BCUT2D eigenvalue weighted by atomic mass is 10.2. The molecule has 23 heavy (non-hydrogen) atoms. The third-order valence-corrected chi connectivity index (χ3v) is 3.45. The maximum Gasteiger partial charge on any atom is 0.265 e. The van der Waals surface area contributed by atoms with E-state index in [2.05, 4.69) is 5.32 Å².